The minimum Gasteiger partial charge on any atom is -0.481 e. The van der Waals surface area contributed by atoms with Crippen molar-refractivity contribution in [2.75, 3.05) is 20.2 Å². The molecular formula is C23H30FNO15. The van der Waals surface area contributed by atoms with Gasteiger partial charge in [-0.15, -0.1) is 0 Å². The Balaban J connectivity index is 0.000000572. The van der Waals surface area contributed by atoms with E-state index >= 15 is 0 Å². The normalized spacial score (nSPS) is 14.2. The van der Waals surface area contributed by atoms with Crippen molar-refractivity contribution in [3.05, 3.63) is 35.1 Å². The molecule has 1 aliphatic heterocycles. The molecule has 0 radical (unpaired) electrons. The number of carboxylic acid groups (broad SMARTS) is 6. The van der Waals surface area contributed by atoms with Crippen LogP contribution in [0.3, 0.4) is 0 Å². The molecule has 0 saturated carbocycles. The molecular weight excluding hydrogens is 549 g/mol. The first kappa shape index (κ1) is 35.8. The van der Waals surface area contributed by atoms with Gasteiger partial charge in [-0.3, -0.25) is 19.2 Å². The van der Waals surface area contributed by atoms with Crippen LogP contribution in [0.5, 0.6) is 0 Å². The summed E-state index contributed by atoms with van der Waals surface area (Å²) in [6.45, 7) is 1.34. The van der Waals surface area contributed by atoms with E-state index in [-0.39, 0.29) is 11.9 Å². The summed E-state index contributed by atoms with van der Waals surface area (Å²) in [5.74, 6) is -10.2. The lowest BCUT2D eigenvalue weighted by Gasteiger charge is -2.26. The fourth-order valence-electron chi connectivity index (χ4n) is 3.33. The van der Waals surface area contributed by atoms with E-state index in [0.717, 1.165) is 17.5 Å². The van der Waals surface area contributed by atoms with E-state index < -0.39 is 72.7 Å². The van der Waals surface area contributed by atoms with Gasteiger partial charge in [0.2, 0.25) is 0 Å². The standard InChI is InChI=1S/C11H14FNO.2C6H8O7/c1-13-7-10-11-8(5-6-14-10)3-2-4-9(11)12;2*7-3(8)1-6(13,5(11)12)2-4(9)10/h2-4,10,13H,5-7H2,1H3;2*13H,1-2H2,(H,7,8)(H,9,10)(H,11,12)/t10-;;/m0../s1. The zero-order valence-corrected chi connectivity index (χ0v) is 21.1. The van der Waals surface area contributed by atoms with Crippen LogP contribution in [0.4, 0.5) is 4.39 Å². The SMILES string of the molecule is CNC[C@@H]1OCCc2cccc(F)c21.O=C(O)CC(O)(CC(=O)O)C(=O)O.O=C(O)CC(O)(CC(=O)O)C(=O)O. The third-order valence-corrected chi connectivity index (χ3v) is 5.12. The van der Waals surface area contributed by atoms with Gasteiger partial charge < -0.3 is 50.9 Å². The number of likely N-dealkylation sites (N-methyl/N-ethyl adjacent to an activating group) is 1. The number of hydrogen-bond acceptors (Lipinski definition) is 10. The van der Waals surface area contributed by atoms with Gasteiger partial charge in [-0.1, -0.05) is 12.1 Å². The topological polar surface area (TPSA) is 286 Å². The number of rotatable bonds is 12. The fraction of sp³-hybridized carbons (Fsp3) is 0.478. The Hall–Kier alpha value is -4.19. The Morgan fingerprint density at radius 3 is 1.55 bits per heavy atom. The Kier molecular flexibility index (Phi) is 14.4. The smallest absolute Gasteiger partial charge is 0.336 e. The number of hydrogen-bond donors (Lipinski definition) is 9. The highest BCUT2D eigenvalue weighted by Crippen LogP contribution is 2.28. The first-order valence-electron chi connectivity index (χ1n) is 11.2. The molecule has 0 aromatic heterocycles. The summed E-state index contributed by atoms with van der Waals surface area (Å²) in [6.07, 6.45) is -3.90. The molecule has 0 fully saturated rings. The minimum atomic E-state index is -2.74. The van der Waals surface area contributed by atoms with Gasteiger partial charge in [-0.2, -0.15) is 0 Å². The molecule has 0 bridgehead atoms. The van der Waals surface area contributed by atoms with Crippen LogP contribution < -0.4 is 5.32 Å². The quantitative estimate of drug-likeness (QED) is 0.146. The second-order valence-corrected chi connectivity index (χ2v) is 8.44. The van der Waals surface area contributed by atoms with Crippen LogP contribution in [0.1, 0.15) is 42.9 Å². The summed E-state index contributed by atoms with van der Waals surface area (Å²) in [6, 6.07) is 5.23. The minimum absolute atomic E-state index is 0.134. The number of aliphatic hydroxyl groups is 2. The lowest BCUT2D eigenvalue weighted by Crippen LogP contribution is -2.42. The summed E-state index contributed by atoms with van der Waals surface area (Å²) >= 11 is 0. The fourth-order valence-corrected chi connectivity index (χ4v) is 3.33. The lowest BCUT2D eigenvalue weighted by molar-refractivity contribution is -0.170. The number of halogens is 1. The second kappa shape index (κ2) is 16.0. The number of carbonyl (C=O) groups is 6. The van der Waals surface area contributed by atoms with E-state index in [9.17, 15) is 33.2 Å². The summed E-state index contributed by atoms with van der Waals surface area (Å²) in [5, 5.41) is 70.6. The van der Waals surface area contributed by atoms with E-state index in [0.29, 0.717) is 13.2 Å². The van der Waals surface area contributed by atoms with Gasteiger partial charge in [0.15, 0.2) is 11.2 Å². The number of ether oxygens (including phenoxy) is 1. The Labute approximate surface area is 225 Å². The van der Waals surface area contributed by atoms with Crippen molar-refractivity contribution in [2.24, 2.45) is 0 Å². The van der Waals surface area contributed by atoms with Crippen LogP contribution in [-0.2, 0) is 39.9 Å². The predicted octanol–water partition coefficient (Wildman–Crippen LogP) is -0.838. The molecule has 0 amide bonds. The maximum absolute atomic E-state index is 13.5. The van der Waals surface area contributed by atoms with Crippen molar-refractivity contribution in [2.45, 2.75) is 49.4 Å². The van der Waals surface area contributed by atoms with Crippen molar-refractivity contribution in [3.8, 4) is 0 Å². The highest BCUT2D eigenvalue weighted by molar-refractivity contribution is 5.88. The van der Waals surface area contributed by atoms with Gasteiger partial charge >= 0.3 is 35.8 Å². The van der Waals surface area contributed by atoms with Crippen molar-refractivity contribution >= 4 is 35.8 Å². The summed E-state index contributed by atoms with van der Waals surface area (Å²) in [7, 11) is 1.85. The molecule has 1 aromatic rings. The molecule has 2 rings (SSSR count). The van der Waals surface area contributed by atoms with E-state index in [4.69, 9.17) is 45.6 Å². The van der Waals surface area contributed by atoms with Crippen LogP contribution >= 0.6 is 0 Å². The largest absolute Gasteiger partial charge is 0.481 e. The van der Waals surface area contributed by atoms with Crippen LogP contribution in [-0.4, -0.2) is 108 Å². The second-order valence-electron chi connectivity index (χ2n) is 8.44. The first-order valence-corrected chi connectivity index (χ1v) is 11.2. The van der Waals surface area contributed by atoms with Crippen molar-refractivity contribution in [1.82, 2.24) is 5.32 Å². The first-order chi connectivity index (χ1) is 18.4. The molecule has 224 valence electrons. The van der Waals surface area contributed by atoms with Gasteiger partial charge in [0, 0.05) is 12.1 Å². The molecule has 9 N–H and O–H groups in total. The third kappa shape index (κ3) is 12.1. The van der Waals surface area contributed by atoms with Gasteiger partial charge in [-0.25, -0.2) is 14.0 Å². The molecule has 40 heavy (non-hydrogen) atoms. The van der Waals surface area contributed by atoms with Crippen LogP contribution in [0.2, 0.25) is 0 Å². The van der Waals surface area contributed by atoms with E-state index in [2.05, 4.69) is 5.32 Å². The molecule has 17 heteroatoms. The van der Waals surface area contributed by atoms with Gasteiger partial charge in [0.1, 0.15) is 5.82 Å². The highest BCUT2D eigenvalue weighted by Gasteiger charge is 2.41. The van der Waals surface area contributed by atoms with Crippen molar-refractivity contribution in [1.29, 1.82) is 0 Å². The molecule has 0 spiro atoms. The number of fused-ring (bicyclic) bond motifs is 1. The lowest BCUT2D eigenvalue weighted by atomic mass is 9.96. The molecule has 0 aliphatic carbocycles. The molecule has 1 atom stereocenters. The molecule has 0 saturated heterocycles. The van der Waals surface area contributed by atoms with E-state index in [1.165, 1.54) is 6.07 Å². The number of aliphatic carboxylic acids is 6. The molecule has 16 nitrogen and oxygen atoms in total. The van der Waals surface area contributed by atoms with Gasteiger partial charge in [0.25, 0.3) is 0 Å². The van der Waals surface area contributed by atoms with E-state index in [1.54, 1.807) is 6.07 Å². The summed E-state index contributed by atoms with van der Waals surface area (Å²) in [5.41, 5.74) is -3.67. The Bertz CT molecular complexity index is 1010. The summed E-state index contributed by atoms with van der Waals surface area (Å²) < 4.78 is 19.1. The molecule has 1 heterocycles. The van der Waals surface area contributed by atoms with Crippen molar-refractivity contribution in [3.63, 3.8) is 0 Å². The van der Waals surface area contributed by atoms with Crippen molar-refractivity contribution < 1.29 is 78.7 Å². The van der Waals surface area contributed by atoms with Crippen LogP contribution in [0, 0.1) is 5.82 Å². The average Bonchev–Trinajstić information content (AvgIpc) is 2.78. The molecule has 1 aliphatic rings. The van der Waals surface area contributed by atoms with Gasteiger partial charge in [0.05, 0.1) is 38.4 Å². The zero-order valence-electron chi connectivity index (χ0n) is 21.1. The molecule has 0 unspecified atom stereocenters. The molecule has 1 aromatic carbocycles. The maximum atomic E-state index is 13.5. The number of benzene rings is 1. The average molecular weight is 579 g/mol. The monoisotopic (exact) mass is 579 g/mol. The summed E-state index contributed by atoms with van der Waals surface area (Å²) in [4.78, 5) is 61.0. The van der Waals surface area contributed by atoms with Gasteiger partial charge in [-0.05, 0) is 25.1 Å². The number of nitrogens with one attached hydrogen (secondary N) is 1. The number of carboxylic acids is 6. The third-order valence-electron chi connectivity index (χ3n) is 5.12. The highest BCUT2D eigenvalue weighted by atomic mass is 19.1. The predicted molar refractivity (Wildman–Crippen MR) is 127 cm³/mol. The van der Waals surface area contributed by atoms with Crippen LogP contribution in [0.25, 0.3) is 0 Å². The Morgan fingerprint density at radius 1 is 0.825 bits per heavy atom. The zero-order chi connectivity index (χ0) is 31.3. The van der Waals surface area contributed by atoms with Crippen LogP contribution in [0.15, 0.2) is 18.2 Å². The maximum Gasteiger partial charge on any atom is 0.336 e. The van der Waals surface area contributed by atoms with E-state index in [1.807, 2.05) is 13.1 Å². The Morgan fingerprint density at radius 2 is 1.23 bits per heavy atom.